The van der Waals surface area contributed by atoms with E-state index in [0.29, 0.717) is 6.04 Å². The van der Waals surface area contributed by atoms with Crippen LogP contribution in [0.5, 0.6) is 0 Å². The third kappa shape index (κ3) is 3.31. The second-order valence-corrected chi connectivity index (χ2v) is 5.72. The van der Waals surface area contributed by atoms with Crippen molar-refractivity contribution in [3.8, 4) is 0 Å². The lowest BCUT2D eigenvalue weighted by Gasteiger charge is -2.16. The first-order chi connectivity index (χ1) is 9.86. The van der Waals surface area contributed by atoms with Crippen molar-refractivity contribution in [2.24, 2.45) is 5.92 Å². The fourth-order valence-electron chi connectivity index (χ4n) is 2.72. The Morgan fingerprint density at radius 2 is 2.25 bits per heavy atom. The summed E-state index contributed by atoms with van der Waals surface area (Å²) >= 11 is 0. The molecule has 0 bridgehead atoms. The average Bonchev–Trinajstić information content (AvgIpc) is 2.98. The Balaban J connectivity index is 1.59. The second kappa shape index (κ2) is 6.27. The molecule has 0 amide bonds. The van der Waals surface area contributed by atoms with Gasteiger partial charge in [0.1, 0.15) is 0 Å². The third-order valence-electron chi connectivity index (χ3n) is 3.99. The Labute approximate surface area is 120 Å². The lowest BCUT2D eigenvalue weighted by atomic mass is 10.1. The number of nitrogens with zero attached hydrogens (tertiary/aromatic N) is 3. The molecule has 3 rings (SSSR count). The largest absolute Gasteiger partial charge is 0.352 e. The molecule has 1 fully saturated rings. The molecule has 1 N–H and O–H groups in total. The topological polar surface area (TPSA) is 34.8 Å². The first-order valence-corrected chi connectivity index (χ1v) is 7.73. The molecule has 0 saturated heterocycles. The van der Waals surface area contributed by atoms with Gasteiger partial charge in [-0.3, -0.25) is 4.68 Å². The van der Waals surface area contributed by atoms with Gasteiger partial charge in [0.25, 0.3) is 0 Å². The van der Waals surface area contributed by atoms with Gasteiger partial charge in [-0.25, -0.2) is 0 Å². The fraction of sp³-hybridized carbons (Fsp3) is 0.562. The number of nitrogens with one attached hydrogen (secondary N) is 1. The third-order valence-corrected chi connectivity index (χ3v) is 3.99. The zero-order valence-corrected chi connectivity index (χ0v) is 12.2. The van der Waals surface area contributed by atoms with Crippen LogP contribution < -0.4 is 5.32 Å². The average molecular weight is 272 g/mol. The molecule has 20 heavy (non-hydrogen) atoms. The van der Waals surface area contributed by atoms with Gasteiger partial charge in [-0.1, -0.05) is 6.92 Å². The molecule has 2 aromatic heterocycles. The van der Waals surface area contributed by atoms with Gasteiger partial charge in [0.15, 0.2) is 0 Å². The summed E-state index contributed by atoms with van der Waals surface area (Å²) in [6, 6.07) is 4.80. The Morgan fingerprint density at radius 3 is 2.95 bits per heavy atom. The number of aryl methyl sites for hydroxylation is 2. The van der Waals surface area contributed by atoms with Crippen molar-refractivity contribution in [3.05, 3.63) is 42.5 Å². The highest BCUT2D eigenvalue weighted by Gasteiger charge is 2.32. The summed E-state index contributed by atoms with van der Waals surface area (Å²) < 4.78 is 4.26. The predicted octanol–water partition coefficient (Wildman–Crippen LogP) is 2.84. The van der Waals surface area contributed by atoms with E-state index < -0.39 is 0 Å². The lowest BCUT2D eigenvalue weighted by molar-refractivity contribution is 0.478. The van der Waals surface area contributed by atoms with Gasteiger partial charge < -0.3 is 9.88 Å². The molecule has 1 unspecified atom stereocenters. The van der Waals surface area contributed by atoms with Gasteiger partial charge in [-0.2, -0.15) is 5.10 Å². The van der Waals surface area contributed by atoms with Crippen molar-refractivity contribution in [2.45, 2.75) is 45.3 Å². The molecule has 108 valence electrons. The highest BCUT2D eigenvalue weighted by Crippen LogP contribution is 2.41. The molecule has 2 heterocycles. The normalized spacial score (nSPS) is 16.4. The maximum atomic E-state index is 4.24. The molecule has 0 aromatic carbocycles. The molecular weight excluding hydrogens is 248 g/mol. The van der Waals surface area contributed by atoms with Crippen LogP contribution in [0.1, 0.15) is 37.8 Å². The van der Waals surface area contributed by atoms with Gasteiger partial charge in [-0.05, 0) is 49.4 Å². The Kier molecular flexibility index (Phi) is 4.21. The van der Waals surface area contributed by atoms with Crippen LogP contribution in [-0.4, -0.2) is 20.9 Å². The minimum absolute atomic E-state index is 0.556. The fourth-order valence-corrected chi connectivity index (χ4v) is 2.72. The number of rotatable bonds is 8. The number of aromatic nitrogens is 3. The summed E-state index contributed by atoms with van der Waals surface area (Å²) in [5.74, 6) is 0.850. The minimum Gasteiger partial charge on any atom is -0.352 e. The van der Waals surface area contributed by atoms with Crippen LogP contribution in [0.4, 0.5) is 0 Å². The molecular formula is C16H24N4. The van der Waals surface area contributed by atoms with E-state index in [1.165, 1.54) is 24.8 Å². The first kappa shape index (κ1) is 13.4. The summed E-state index contributed by atoms with van der Waals surface area (Å²) in [6.45, 7) is 5.25. The van der Waals surface area contributed by atoms with Gasteiger partial charge in [0.05, 0.1) is 6.54 Å². The van der Waals surface area contributed by atoms with Crippen molar-refractivity contribution in [1.82, 2.24) is 19.7 Å². The molecule has 4 heteroatoms. The highest BCUT2D eigenvalue weighted by molar-refractivity contribution is 5.18. The van der Waals surface area contributed by atoms with Crippen molar-refractivity contribution in [1.29, 1.82) is 0 Å². The van der Waals surface area contributed by atoms with Crippen molar-refractivity contribution < 1.29 is 0 Å². The maximum Gasteiger partial charge on any atom is 0.0588 e. The molecule has 1 atom stereocenters. The molecule has 0 aliphatic heterocycles. The zero-order valence-electron chi connectivity index (χ0n) is 12.2. The second-order valence-electron chi connectivity index (χ2n) is 5.72. The quantitative estimate of drug-likeness (QED) is 0.802. The summed E-state index contributed by atoms with van der Waals surface area (Å²) in [4.78, 5) is 0. The van der Waals surface area contributed by atoms with E-state index in [4.69, 9.17) is 0 Å². The van der Waals surface area contributed by atoms with Gasteiger partial charge in [0, 0.05) is 37.4 Å². The SMILES string of the molecule is CCCNC(c1ccn(CCn2cccn2)c1)C1CC1. The van der Waals surface area contributed by atoms with Crippen LogP contribution in [0.2, 0.25) is 0 Å². The van der Waals surface area contributed by atoms with Crippen LogP contribution >= 0.6 is 0 Å². The molecule has 4 nitrogen and oxygen atoms in total. The molecule has 1 saturated carbocycles. The molecule has 1 aliphatic rings. The Bertz CT molecular complexity index is 510. The monoisotopic (exact) mass is 272 g/mol. The van der Waals surface area contributed by atoms with Crippen LogP contribution in [0, 0.1) is 5.92 Å². The van der Waals surface area contributed by atoms with E-state index in [-0.39, 0.29) is 0 Å². The zero-order chi connectivity index (χ0) is 13.8. The molecule has 0 radical (unpaired) electrons. The van der Waals surface area contributed by atoms with Crippen molar-refractivity contribution in [3.63, 3.8) is 0 Å². The van der Waals surface area contributed by atoms with Crippen molar-refractivity contribution >= 4 is 0 Å². The minimum atomic E-state index is 0.556. The smallest absolute Gasteiger partial charge is 0.0588 e. The van der Waals surface area contributed by atoms with E-state index >= 15 is 0 Å². The summed E-state index contributed by atoms with van der Waals surface area (Å²) in [5, 5.41) is 7.94. The van der Waals surface area contributed by atoms with E-state index in [1.807, 2.05) is 23.1 Å². The highest BCUT2D eigenvalue weighted by atomic mass is 15.3. The first-order valence-electron chi connectivity index (χ1n) is 7.73. The number of hydrogen-bond acceptors (Lipinski definition) is 2. The van der Waals surface area contributed by atoms with Crippen LogP contribution in [-0.2, 0) is 13.1 Å². The standard InChI is InChI=1S/C16H24N4/c1-2-7-17-16(14-4-5-14)15-6-10-19(13-15)11-12-20-9-3-8-18-20/h3,6,8-10,13-14,16-17H,2,4-5,7,11-12H2,1H3. The lowest BCUT2D eigenvalue weighted by Crippen LogP contribution is -2.23. The van der Waals surface area contributed by atoms with Crippen LogP contribution in [0.3, 0.4) is 0 Å². The van der Waals surface area contributed by atoms with E-state index in [2.05, 4.69) is 40.4 Å². The van der Waals surface area contributed by atoms with Crippen molar-refractivity contribution in [2.75, 3.05) is 6.54 Å². The van der Waals surface area contributed by atoms with Gasteiger partial charge in [-0.15, -0.1) is 0 Å². The van der Waals surface area contributed by atoms with Crippen LogP contribution in [0.15, 0.2) is 36.9 Å². The molecule has 2 aromatic rings. The maximum absolute atomic E-state index is 4.24. The summed E-state index contributed by atoms with van der Waals surface area (Å²) in [5.41, 5.74) is 1.45. The predicted molar refractivity (Wildman–Crippen MR) is 80.4 cm³/mol. The Hall–Kier alpha value is -1.55. The van der Waals surface area contributed by atoms with E-state index in [0.717, 1.165) is 25.6 Å². The Morgan fingerprint density at radius 1 is 1.35 bits per heavy atom. The number of hydrogen-bond donors (Lipinski definition) is 1. The molecule has 1 aliphatic carbocycles. The van der Waals surface area contributed by atoms with Crippen LogP contribution in [0.25, 0.3) is 0 Å². The van der Waals surface area contributed by atoms with Gasteiger partial charge in [0.2, 0.25) is 0 Å². The van der Waals surface area contributed by atoms with E-state index in [9.17, 15) is 0 Å². The summed E-state index contributed by atoms with van der Waals surface area (Å²) in [6.07, 6.45) is 12.3. The summed E-state index contributed by atoms with van der Waals surface area (Å²) in [7, 11) is 0. The van der Waals surface area contributed by atoms with E-state index in [1.54, 1.807) is 0 Å². The molecule has 0 spiro atoms. The van der Waals surface area contributed by atoms with Gasteiger partial charge >= 0.3 is 0 Å².